The number of rotatable bonds is 7. The van der Waals surface area contributed by atoms with Crippen LogP contribution < -0.4 is 10.5 Å². The molecule has 0 aliphatic rings. The summed E-state index contributed by atoms with van der Waals surface area (Å²) in [6, 6.07) is 6.36. The molecule has 0 bridgehead atoms. The highest BCUT2D eigenvalue weighted by atomic mass is 79.9. The van der Waals surface area contributed by atoms with Gasteiger partial charge in [-0.3, -0.25) is 0 Å². The Kier molecular flexibility index (Phi) is 6.72. The lowest BCUT2D eigenvalue weighted by Crippen LogP contribution is -2.22. The molecule has 2 N–H and O–H groups in total. The Morgan fingerprint density at radius 1 is 1.28 bits per heavy atom. The third-order valence-corrected chi connectivity index (χ3v) is 3.74. The third-order valence-electron chi connectivity index (χ3n) is 3.25. The summed E-state index contributed by atoms with van der Waals surface area (Å²) in [5, 5.41) is 0. The molecular formula is C15H24BrNO. The first-order valence-corrected chi connectivity index (χ1v) is 7.52. The first-order chi connectivity index (χ1) is 8.56. The fourth-order valence-corrected chi connectivity index (χ4v) is 2.03. The van der Waals surface area contributed by atoms with E-state index >= 15 is 0 Å². The fourth-order valence-electron chi connectivity index (χ4n) is 1.63. The standard InChI is InChI=1S/C15H24BrNO/c1-4-11(3)10-18-15-7-6-13(16)8-12(15)9-14(17)5-2/h6-8,11,14H,4-5,9-10,17H2,1-3H3. The summed E-state index contributed by atoms with van der Waals surface area (Å²) in [4.78, 5) is 0. The van der Waals surface area contributed by atoms with E-state index in [9.17, 15) is 0 Å². The van der Waals surface area contributed by atoms with E-state index in [1.807, 2.05) is 12.1 Å². The van der Waals surface area contributed by atoms with Crippen LogP contribution in [0.3, 0.4) is 0 Å². The van der Waals surface area contributed by atoms with Crippen LogP contribution in [0.2, 0.25) is 0 Å². The Hall–Kier alpha value is -0.540. The molecule has 18 heavy (non-hydrogen) atoms. The van der Waals surface area contributed by atoms with Gasteiger partial charge in [0.05, 0.1) is 6.61 Å². The number of halogens is 1. The van der Waals surface area contributed by atoms with Crippen molar-refractivity contribution in [2.75, 3.05) is 6.61 Å². The molecule has 0 aliphatic carbocycles. The van der Waals surface area contributed by atoms with Crippen LogP contribution >= 0.6 is 15.9 Å². The predicted octanol–water partition coefficient (Wildman–Crippen LogP) is 4.15. The molecule has 0 heterocycles. The molecule has 2 unspecified atom stereocenters. The SMILES string of the molecule is CCC(C)COc1ccc(Br)cc1CC(N)CC. The van der Waals surface area contributed by atoms with Crippen molar-refractivity contribution in [2.45, 2.75) is 46.1 Å². The Bertz CT molecular complexity index is 368. The van der Waals surface area contributed by atoms with Crippen LogP contribution in [-0.2, 0) is 6.42 Å². The molecule has 0 aromatic heterocycles. The van der Waals surface area contributed by atoms with Gasteiger partial charge in [0.1, 0.15) is 5.75 Å². The first kappa shape index (κ1) is 15.5. The lowest BCUT2D eigenvalue weighted by atomic mass is 10.0. The van der Waals surface area contributed by atoms with Gasteiger partial charge in [-0.1, -0.05) is 43.1 Å². The summed E-state index contributed by atoms with van der Waals surface area (Å²) in [6.45, 7) is 7.27. The summed E-state index contributed by atoms with van der Waals surface area (Å²) in [6.07, 6.45) is 2.99. The van der Waals surface area contributed by atoms with Crippen molar-refractivity contribution in [1.29, 1.82) is 0 Å². The van der Waals surface area contributed by atoms with Crippen molar-refractivity contribution in [3.05, 3.63) is 28.2 Å². The van der Waals surface area contributed by atoms with Gasteiger partial charge in [-0.05, 0) is 42.5 Å². The van der Waals surface area contributed by atoms with E-state index in [0.29, 0.717) is 5.92 Å². The Morgan fingerprint density at radius 2 is 2.00 bits per heavy atom. The van der Waals surface area contributed by atoms with Crippen LogP contribution in [0.1, 0.15) is 39.2 Å². The molecule has 1 aromatic rings. The van der Waals surface area contributed by atoms with Gasteiger partial charge in [-0.15, -0.1) is 0 Å². The van der Waals surface area contributed by atoms with E-state index in [0.717, 1.165) is 36.1 Å². The van der Waals surface area contributed by atoms with Crippen LogP contribution in [-0.4, -0.2) is 12.6 Å². The van der Waals surface area contributed by atoms with Crippen molar-refractivity contribution >= 4 is 15.9 Å². The average molecular weight is 314 g/mol. The second-order valence-corrected chi connectivity index (χ2v) is 5.86. The number of ether oxygens (including phenoxy) is 1. The maximum absolute atomic E-state index is 6.04. The maximum Gasteiger partial charge on any atom is 0.122 e. The van der Waals surface area contributed by atoms with Gasteiger partial charge in [0.15, 0.2) is 0 Å². The lowest BCUT2D eigenvalue weighted by molar-refractivity contribution is 0.254. The van der Waals surface area contributed by atoms with Gasteiger partial charge < -0.3 is 10.5 Å². The monoisotopic (exact) mass is 313 g/mol. The molecule has 1 rings (SSSR count). The Balaban J connectivity index is 2.76. The third kappa shape index (κ3) is 4.99. The first-order valence-electron chi connectivity index (χ1n) is 6.73. The van der Waals surface area contributed by atoms with Crippen LogP contribution in [0, 0.1) is 5.92 Å². The molecular weight excluding hydrogens is 290 g/mol. The van der Waals surface area contributed by atoms with Crippen molar-refractivity contribution in [2.24, 2.45) is 11.7 Å². The van der Waals surface area contributed by atoms with E-state index < -0.39 is 0 Å². The molecule has 0 spiro atoms. The zero-order valence-electron chi connectivity index (χ0n) is 11.6. The normalized spacial score (nSPS) is 14.3. The fraction of sp³-hybridized carbons (Fsp3) is 0.600. The average Bonchev–Trinajstić information content (AvgIpc) is 2.37. The summed E-state index contributed by atoms with van der Waals surface area (Å²) < 4.78 is 6.99. The minimum atomic E-state index is 0.199. The van der Waals surface area contributed by atoms with Gasteiger partial charge >= 0.3 is 0 Å². The molecule has 102 valence electrons. The van der Waals surface area contributed by atoms with Gasteiger partial charge in [-0.2, -0.15) is 0 Å². The van der Waals surface area contributed by atoms with E-state index in [-0.39, 0.29) is 6.04 Å². The minimum Gasteiger partial charge on any atom is -0.493 e. The van der Waals surface area contributed by atoms with Crippen molar-refractivity contribution in [3.63, 3.8) is 0 Å². The number of hydrogen-bond donors (Lipinski definition) is 1. The summed E-state index contributed by atoms with van der Waals surface area (Å²) in [5.74, 6) is 1.56. The molecule has 1 aromatic carbocycles. The highest BCUT2D eigenvalue weighted by Gasteiger charge is 2.10. The zero-order chi connectivity index (χ0) is 13.5. The largest absolute Gasteiger partial charge is 0.493 e. The Morgan fingerprint density at radius 3 is 2.61 bits per heavy atom. The highest BCUT2D eigenvalue weighted by Crippen LogP contribution is 2.25. The minimum absolute atomic E-state index is 0.199. The summed E-state index contributed by atoms with van der Waals surface area (Å²) in [5.41, 5.74) is 7.23. The van der Waals surface area contributed by atoms with E-state index in [1.54, 1.807) is 0 Å². The van der Waals surface area contributed by atoms with Gasteiger partial charge in [0, 0.05) is 10.5 Å². The molecule has 2 nitrogen and oxygen atoms in total. The second-order valence-electron chi connectivity index (χ2n) is 4.95. The van der Waals surface area contributed by atoms with Gasteiger partial charge in [0.2, 0.25) is 0 Å². The molecule has 3 heteroatoms. The van der Waals surface area contributed by atoms with E-state index in [1.165, 1.54) is 5.56 Å². The van der Waals surface area contributed by atoms with Gasteiger partial charge in [-0.25, -0.2) is 0 Å². The van der Waals surface area contributed by atoms with Crippen molar-refractivity contribution in [3.8, 4) is 5.75 Å². The molecule has 0 radical (unpaired) electrons. The number of hydrogen-bond acceptors (Lipinski definition) is 2. The van der Waals surface area contributed by atoms with Crippen molar-refractivity contribution in [1.82, 2.24) is 0 Å². The van der Waals surface area contributed by atoms with E-state index in [2.05, 4.69) is 42.8 Å². The molecule has 0 saturated carbocycles. The summed E-state index contributed by atoms with van der Waals surface area (Å²) >= 11 is 3.51. The molecule has 0 fully saturated rings. The van der Waals surface area contributed by atoms with Crippen LogP contribution in [0.15, 0.2) is 22.7 Å². The molecule has 2 atom stereocenters. The molecule has 0 amide bonds. The maximum atomic E-state index is 6.04. The smallest absolute Gasteiger partial charge is 0.122 e. The molecule has 0 saturated heterocycles. The quantitative estimate of drug-likeness (QED) is 0.820. The van der Waals surface area contributed by atoms with Gasteiger partial charge in [0.25, 0.3) is 0 Å². The Labute approximate surface area is 119 Å². The van der Waals surface area contributed by atoms with Crippen LogP contribution in [0.4, 0.5) is 0 Å². The highest BCUT2D eigenvalue weighted by molar-refractivity contribution is 9.10. The predicted molar refractivity (Wildman–Crippen MR) is 81.1 cm³/mol. The van der Waals surface area contributed by atoms with E-state index in [4.69, 9.17) is 10.5 Å². The number of nitrogens with two attached hydrogens (primary N) is 1. The topological polar surface area (TPSA) is 35.2 Å². The molecule has 0 aliphatic heterocycles. The van der Waals surface area contributed by atoms with Crippen molar-refractivity contribution < 1.29 is 4.74 Å². The summed E-state index contributed by atoms with van der Waals surface area (Å²) in [7, 11) is 0. The zero-order valence-corrected chi connectivity index (χ0v) is 13.2. The van der Waals surface area contributed by atoms with Crippen LogP contribution in [0.25, 0.3) is 0 Å². The second kappa shape index (κ2) is 7.80. The van der Waals surface area contributed by atoms with Crippen LogP contribution in [0.5, 0.6) is 5.75 Å². The number of benzene rings is 1. The lowest BCUT2D eigenvalue weighted by Gasteiger charge is -2.16.